The van der Waals surface area contributed by atoms with Crippen LogP contribution in [-0.4, -0.2) is 52.9 Å². The lowest BCUT2D eigenvalue weighted by molar-refractivity contribution is -0.139. The monoisotopic (exact) mass is 258 g/mol. The highest BCUT2D eigenvalue weighted by Crippen LogP contribution is 2.02. The third-order valence-corrected chi connectivity index (χ3v) is 2.45. The third kappa shape index (κ3) is 6.24. The van der Waals surface area contributed by atoms with Crippen molar-refractivity contribution in [1.82, 2.24) is 10.2 Å². The van der Waals surface area contributed by atoms with Crippen LogP contribution in [0, 0.1) is 0 Å². The van der Waals surface area contributed by atoms with Crippen LogP contribution >= 0.6 is 0 Å². The average Bonchev–Trinajstić information content (AvgIpc) is 2.33. The molecule has 0 rings (SSSR count). The number of hydrogen-bond acceptors (Lipinski definition) is 3. The van der Waals surface area contributed by atoms with E-state index in [-0.39, 0.29) is 19.7 Å². The predicted octanol–water partition coefficient (Wildman–Crippen LogP) is 0.820. The Kier molecular flexibility index (Phi) is 8.65. The number of carbonyl (C=O) groups is 2. The fraction of sp³-hybridized carbons (Fsp3) is 0.667. The Balaban J connectivity index is 4.44. The minimum Gasteiger partial charge on any atom is -0.480 e. The van der Waals surface area contributed by atoms with E-state index in [1.165, 1.54) is 11.0 Å². The van der Waals surface area contributed by atoms with E-state index < -0.39 is 18.0 Å². The summed E-state index contributed by atoms with van der Waals surface area (Å²) in [5.74, 6) is -1.04. The average molecular weight is 258 g/mol. The van der Waals surface area contributed by atoms with Crippen molar-refractivity contribution in [3.8, 4) is 0 Å². The normalized spacial score (nSPS) is 11.7. The van der Waals surface area contributed by atoms with Gasteiger partial charge in [0.15, 0.2) is 0 Å². The van der Waals surface area contributed by atoms with Gasteiger partial charge in [0, 0.05) is 13.1 Å². The Morgan fingerprint density at radius 1 is 1.50 bits per heavy atom. The highest BCUT2D eigenvalue weighted by molar-refractivity contribution is 5.82. The number of rotatable bonds is 9. The molecule has 1 atom stereocenters. The van der Waals surface area contributed by atoms with E-state index in [9.17, 15) is 9.59 Å². The van der Waals surface area contributed by atoms with Crippen LogP contribution in [0.25, 0.3) is 0 Å². The highest BCUT2D eigenvalue weighted by Gasteiger charge is 2.21. The Bertz CT molecular complexity index is 281. The van der Waals surface area contributed by atoms with Crippen molar-refractivity contribution in [3.63, 3.8) is 0 Å². The molecule has 6 nitrogen and oxygen atoms in total. The first-order chi connectivity index (χ1) is 8.56. The van der Waals surface area contributed by atoms with E-state index in [1.807, 2.05) is 6.92 Å². The lowest BCUT2D eigenvalue weighted by atomic mass is 10.1. The van der Waals surface area contributed by atoms with Crippen LogP contribution in [0.2, 0.25) is 0 Å². The van der Waals surface area contributed by atoms with Crippen molar-refractivity contribution >= 4 is 12.0 Å². The number of nitrogens with one attached hydrogen (secondary N) is 1. The number of aliphatic hydroxyl groups is 1. The Morgan fingerprint density at radius 3 is 2.61 bits per heavy atom. The van der Waals surface area contributed by atoms with Crippen molar-refractivity contribution < 1.29 is 19.8 Å². The summed E-state index contributed by atoms with van der Waals surface area (Å²) >= 11 is 0. The second kappa shape index (κ2) is 9.47. The fourth-order valence-electron chi connectivity index (χ4n) is 1.46. The van der Waals surface area contributed by atoms with Crippen LogP contribution in [0.1, 0.15) is 26.2 Å². The summed E-state index contributed by atoms with van der Waals surface area (Å²) in [7, 11) is 0. The summed E-state index contributed by atoms with van der Waals surface area (Å²) in [4.78, 5) is 24.1. The number of carboxylic acid groups (broad SMARTS) is 1. The SMILES string of the molecule is C=CCN(CCO)C(=O)NC(CCCC)C(=O)O. The zero-order chi connectivity index (χ0) is 14.0. The van der Waals surface area contributed by atoms with Gasteiger partial charge >= 0.3 is 12.0 Å². The van der Waals surface area contributed by atoms with Gasteiger partial charge in [-0.2, -0.15) is 0 Å². The van der Waals surface area contributed by atoms with Crippen LogP contribution < -0.4 is 5.32 Å². The molecular weight excluding hydrogens is 236 g/mol. The number of unbranched alkanes of at least 4 members (excludes halogenated alkanes) is 1. The van der Waals surface area contributed by atoms with Crippen molar-refractivity contribution in [1.29, 1.82) is 0 Å². The number of urea groups is 1. The first kappa shape index (κ1) is 16.4. The van der Waals surface area contributed by atoms with E-state index in [2.05, 4.69) is 11.9 Å². The molecule has 3 N–H and O–H groups in total. The summed E-state index contributed by atoms with van der Waals surface area (Å²) in [6, 6.07) is -1.38. The fourth-order valence-corrected chi connectivity index (χ4v) is 1.46. The smallest absolute Gasteiger partial charge is 0.326 e. The van der Waals surface area contributed by atoms with Gasteiger partial charge in [-0.3, -0.25) is 0 Å². The molecule has 0 aliphatic rings. The van der Waals surface area contributed by atoms with Gasteiger partial charge in [0.05, 0.1) is 6.61 Å². The molecule has 0 spiro atoms. The van der Waals surface area contributed by atoms with E-state index in [0.717, 1.165) is 12.8 Å². The Morgan fingerprint density at radius 2 is 2.17 bits per heavy atom. The molecule has 0 aromatic carbocycles. The lowest BCUT2D eigenvalue weighted by Gasteiger charge is -2.23. The van der Waals surface area contributed by atoms with Gasteiger partial charge < -0.3 is 20.4 Å². The molecule has 0 aromatic heterocycles. The number of nitrogens with zero attached hydrogens (tertiary/aromatic N) is 1. The lowest BCUT2D eigenvalue weighted by Crippen LogP contribution is -2.48. The van der Waals surface area contributed by atoms with Gasteiger partial charge in [0.1, 0.15) is 6.04 Å². The molecule has 1 unspecified atom stereocenters. The van der Waals surface area contributed by atoms with E-state index in [4.69, 9.17) is 10.2 Å². The molecule has 0 saturated carbocycles. The molecule has 104 valence electrons. The minimum atomic E-state index is -1.04. The Hall–Kier alpha value is -1.56. The molecule has 0 aromatic rings. The van der Waals surface area contributed by atoms with E-state index >= 15 is 0 Å². The second-order valence-electron chi connectivity index (χ2n) is 3.94. The molecule has 0 heterocycles. The van der Waals surface area contributed by atoms with Crippen LogP contribution in [-0.2, 0) is 4.79 Å². The maximum absolute atomic E-state index is 11.8. The highest BCUT2D eigenvalue weighted by atomic mass is 16.4. The molecule has 18 heavy (non-hydrogen) atoms. The summed E-state index contributed by atoms with van der Waals surface area (Å²) in [5.41, 5.74) is 0. The number of aliphatic hydroxyl groups excluding tert-OH is 1. The first-order valence-corrected chi connectivity index (χ1v) is 6.06. The van der Waals surface area contributed by atoms with Gasteiger partial charge in [-0.15, -0.1) is 6.58 Å². The molecule has 0 radical (unpaired) electrons. The van der Waals surface area contributed by atoms with Crippen molar-refractivity contribution in [2.75, 3.05) is 19.7 Å². The molecule has 0 fully saturated rings. The van der Waals surface area contributed by atoms with Crippen molar-refractivity contribution in [3.05, 3.63) is 12.7 Å². The van der Waals surface area contributed by atoms with Crippen molar-refractivity contribution in [2.24, 2.45) is 0 Å². The van der Waals surface area contributed by atoms with Crippen molar-refractivity contribution in [2.45, 2.75) is 32.2 Å². The van der Waals surface area contributed by atoms with Gasteiger partial charge in [0.2, 0.25) is 0 Å². The summed E-state index contributed by atoms with van der Waals surface area (Å²) in [6.45, 7) is 5.71. The van der Waals surface area contributed by atoms with Gasteiger partial charge in [-0.1, -0.05) is 25.8 Å². The maximum Gasteiger partial charge on any atom is 0.326 e. The van der Waals surface area contributed by atoms with E-state index in [0.29, 0.717) is 6.42 Å². The number of carboxylic acids is 1. The number of amides is 2. The van der Waals surface area contributed by atoms with Gasteiger partial charge in [-0.25, -0.2) is 9.59 Å². The van der Waals surface area contributed by atoms with Crippen LogP contribution in [0.4, 0.5) is 4.79 Å². The van der Waals surface area contributed by atoms with Crippen LogP contribution in [0.3, 0.4) is 0 Å². The second-order valence-corrected chi connectivity index (χ2v) is 3.94. The quantitative estimate of drug-likeness (QED) is 0.534. The largest absolute Gasteiger partial charge is 0.480 e. The zero-order valence-corrected chi connectivity index (χ0v) is 10.8. The summed E-state index contributed by atoms with van der Waals surface area (Å²) < 4.78 is 0. The molecular formula is C12H22N2O4. The molecule has 0 bridgehead atoms. The molecule has 2 amide bonds. The van der Waals surface area contributed by atoms with E-state index in [1.54, 1.807) is 0 Å². The molecule has 0 aliphatic carbocycles. The summed E-state index contributed by atoms with van der Waals surface area (Å²) in [6.07, 6.45) is 3.53. The molecule has 0 saturated heterocycles. The third-order valence-electron chi connectivity index (χ3n) is 2.45. The standard InChI is InChI=1S/C12H22N2O4/c1-3-5-6-10(11(16)17)13-12(18)14(7-4-2)8-9-15/h4,10,15H,2-3,5-9H2,1H3,(H,13,18)(H,16,17). The first-order valence-electron chi connectivity index (χ1n) is 6.06. The Labute approximate surface area is 107 Å². The van der Waals surface area contributed by atoms with Crippen LogP contribution in [0.5, 0.6) is 0 Å². The maximum atomic E-state index is 11.8. The zero-order valence-electron chi connectivity index (χ0n) is 10.8. The molecule has 6 heteroatoms. The number of hydrogen-bond donors (Lipinski definition) is 3. The number of carbonyl (C=O) groups excluding carboxylic acids is 1. The topological polar surface area (TPSA) is 89.9 Å². The van der Waals surface area contributed by atoms with Gasteiger partial charge in [0.25, 0.3) is 0 Å². The summed E-state index contributed by atoms with van der Waals surface area (Å²) in [5, 5.41) is 20.3. The molecule has 0 aliphatic heterocycles. The van der Waals surface area contributed by atoms with Crippen LogP contribution in [0.15, 0.2) is 12.7 Å². The van der Waals surface area contributed by atoms with Gasteiger partial charge in [-0.05, 0) is 6.42 Å². The predicted molar refractivity (Wildman–Crippen MR) is 68.3 cm³/mol. The minimum absolute atomic E-state index is 0.151. The number of aliphatic carboxylic acids is 1.